The van der Waals surface area contributed by atoms with E-state index in [1.165, 1.54) is 6.07 Å². The summed E-state index contributed by atoms with van der Waals surface area (Å²) < 4.78 is 0. The predicted octanol–water partition coefficient (Wildman–Crippen LogP) is 1.08. The van der Waals surface area contributed by atoms with Gasteiger partial charge in [0, 0.05) is 17.0 Å². The zero-order chi connectivity index (χ0) is 9.26. The summed E-state index contributed by atoms with van der Waals surface area (Å²) in [6.45, 7) is 0. The molecule has 66 valence electrons. The molecule has 5 heteroatoms. The fourth-order valence-electron chi connectivity index (χ4n) is 1.01. The Labute approximate surface area is 78.1 Å². The van der Waals surface area contributed by atoms with Crippen LogP contribution in [0.4, 0.5) is 5.82 Å². The van der Waals surface area contributed by atoms with E-state index in [2.05, 4.69) is 9.97 Å². The van der Waals surface area contributed by atoms with Crippen LogP contribution in [0, 0.1) is 0 Å². The first-order valence-corrected chi connectivity index (χ1v) is 4.59. The molecule has 0 spiro atoms. The fourth-order valence-corrected chi connectivity index (χ4v) is 1.65. The topological polar surface area (TPSA) is 71.8 Å². The maximum atomic E-state index is 11.0. The average molecular weight is 193 g/mol. The molecule has 2 aromatic heterocycles. The van der Waals surface area contributed by atoms with Crippen molar-refractivity contribution in [1.82, 2.24) is 9.97 Å². The minimum Gasteiger partial charge on any atom is -0.383 e. The van der Waals surface area contributed by atoms with Gasteiger partial charge in [-0.05, 0) is 11.4 Å². The van der Waals surface area contributed by atoms with E-state index in [1.807, 2.05) is 16.8 Å². The van der Waals surface area contributed by atoms with E-state index in [9.17, 15) is 4.79 Å². The third-order valence-corrected chi connectivity index (χ3v) is 2.24. The van der Waals surface area contributed by atoms with Crippen LogP contribution in [0.15, 0.2) is 27.7 Å². The highest BCUT2D eigenvalue weighted by atomic mass is 32.1. The van der Waals surface area contributed by atoms with Crippen LogP contribution in [-0.2, 0) is 0 Å². The molecule has 13 heavy (non-hydrogen) atoms. The lowest BCUT2D eigenvalue weighted by Gasteiger charge is -1.97. The minimum atomic E-state index is -0.228. The summed E-state index contributed by atoms with van der Waals surface area (Å²) in [4.78, 5) is 17.7. The zero-order valence-corrected chi connectivity index (χ0v) is 7.47. The number of aromatic amines is 1. The molecule has 0 aliphatic rings. The van der Waals surface area contributed by atoms with Crippen molar-refractivity contribution in [1.29, 1.82) is 0 Å². The Morgan fingerprint density at radius 2 is 2.38 bits per heavy atom. The first kappa shape index (κ1) is 8.00. The molecule has 2 rings (SSSR count). The molecular formula is C8H7N3OS. The standard InChI is InChI=1S/C8H7N3OS/c9-6-3-7(12)11-8(10-6)5-1-2-13-4-5/h1-4H,(H3,9,10,11,12). The van der Waals surface area contributed by atoms with E-state index in [-0.39, 0.29) is 11.4 Å². The molecule has 3 N–H and O–H groups in total. The molecule has 0 amide bonds. The van der Waals surface area contributed by atoms with Crippen molar-refractivity contribution in [2.45, 2.75) is 0 Å². The third-order valence-electron chi connectivity index (χ3n) is 1.56. The highest BCUT2D eigenvalue weighted by Gasteiger charge is 2.01. The van der Waals surface area contributed by atoms with Crippen molar-refractivity contribution >= 4 is 17.2 Å². The van der Waals surface area contributed by atoms with Crippen LogP contribution in [0.3, 0.4) is 0 Å². The fraction of sp³-hybridized carbons (Fsp3) is 0. The summed E-state index contributed by atoms with van der Waals surface area (Å²) in [5.74, 6) is 0.760. The quantitative estimate of drug-likeness (QED) is 0.711. The van der Waals surface area contributed by atoms with Gasteiger partial charge in [-0.25, -0.2) is 4.98 Å². The maximum absolute atomic E-state index is 11.0. The lowest BCUT2D eigenvalue weighted by molar-refractivity contribution is 1.14. The molecule has 2 heterocycles. The Kier molecular flexibility index (Phi) is 1.86. The highest BCUT2D eigenvalue weighted by Crippen LogP contribution is 2.16. The van der Waals surface area contributed by atoms with Crippen LogP contribution in [0.25, 0.3) is 11.4 Å². The van der Waals surface area contributed by atoms with Gasteiger partial charge in [-0.1, -0.05) is 0 Å². The summed E-state index contributed by atoms with van der Waals surface area (Å²) in [6.07, 6.45) is 0. The van der Waals surface area contributed by atoms with Gasteiger partial charge >= 0.3 is 0 Å². The van der Waals surface area contributed by atoms with Crippen LogP contribution in [0.1, 0.15) is 0 Å². The maximum Gasteiger partial charge on any atom is 0.253 e. The zero-order valence-electron chi connectivity index (χ0n) is 6.65. The van der Waals surface area contributed by atoms with Gasteiger partial charge in [0.1, 0.15) is 11.6 Å². The summed E-state index contributed by atoms with van der Waals surface area (Å²) in [5.41, 5.74) is 6.09. The van der Waals surface area contributed by atoms with Gasteiger partial charge in [-0.15, -0.1) is 0 Å². The summed E-state index contributed by atoms with van der Waals surface area (Å²) in [5, 5.41) is 3.82. The van der Waals surface area contributed by atoms with Gasteiger partial charge in [0.2, 0.25) is 0 Å². The third kappa shape index (κ3) is 1.59. The summed E-state index contributed by atoms with van der Waals surface area (Å²) in [7, 11) is 0. The number of thiophene rings is 1. The largest absolute Gasteiger partial charge is 0.383 e. The van der Waals surface area contributed by atoms with Crippen LogP contribution >= 0.6 is 11.3 Å². The summed E-state index contributed by atoms with van der Waals surface area (Å²) in [6, 6.07) is 3.14. The Morgan fingerprint density at radius 3 is 3.00 bits per heavy atom. The van der Waals surface area contributed by atoms with Gasteiger partial charge < -0.3 is 10.7 Å². The Balaban J connectivity index is 2.59. The number of nitrogen functional groups attached to an aromatic ring is 1. The molecule has 2 aromatic rings. The second kappa shape index (κ2) is 3.02. The first-order chi connectivity index (χ1) is 6.25. The van der Waals surface area contributed by atoms with E-state index < -0.39 is 0 Å². The number of nitrogens with zero attached hydrogens (tertiary/aromatic N) is 1. The molecule has 0 atom stereocenters. The van der Waals surface area contributed by atoms with E-state index in [0.29, 0.717) is 5.82 Å². The predicted molar refractivity (Wildman–Crippen MR) is 52.6 cm³/mol. The molecular weight excluding hydrogens is 186 g/mol. The van der Waals surface area contributed by atoms with Crippen molar-refractivity contribution in [2.75, 3.05) is 5.73 Å². The first-order valence-electron chi connectivity index (χ1n) is 3.65. The molecule has 0 aliphatic heterocycles. The Morgan fingerprint density at radius 1 is 1.54 bits per heavy atom. The average Bonchev–Trinajstić information content (AvgIpc) is 2.53. The molecule has 0 unspecified atom stereocenters. The number of aromatic nitrogens is 2. The van der Waals surface area contributed by atoms with Crippen LogP contribution in [0.5, 0.6) is 0 Å². The molecule has 0 radical (unpaired) electrons. The molecule has 4 nitrogen and oxygen atoms in total. The van der Waals surface area contributed by atoms with E-state index in [1.54, 1.807) is 11.3 Å². The van der Waals surface area contributed by atoms with Gasteiger partial charge in [0.05, 0.1) is 0 Å². The normalized spacial score (nSPS) is 10.2. The van der Waals surface area contributed by atoms with Crippen molar-refractivity contribution < 1.29 is 0 Å². The van der Waals surface area contributed by atoms with Gasteiger partial charge in [0.15, 0.2) is 0 Å². The Bertz CT molecular complexity index is 460. The van der Waals surface area contributed by atoms with Gasteiger partial charge in [-0.3, -0.25) is 4.79 Å². The van der Waals surface area contributed by atoms with Crippen molar-refractivity contribution in [3.05, 3.63) is 33.2 Å². The molecule has 0 saturated carbocycles. The molecule has 0 aliphatic carbocycles. The van der Waals surface area contributed by atoms with Crippen LogP contribution in [-0.4, -0.2) is 9.97 Å². The van der Waals surface area contributed by atoms with E-state index in [0.717, 1.165) is 5.56 Å². The molecule has 0 fully saturated rings. The number of hydrogen-bond acceptors (Lipinski definition) is 4. The highest BCUT2D eigenvalue weighted by molar-refractivity contribution is 7.08. The van der Waals surface area contributed by atoms with Crippen molar-refractivity contribution in [2.24, 2.45) is 0 Å². The number of nitrogens with one attached hydrogen (secondary N) is 1. The number of nitrogens with two attached hydrogens (primary N) is 1. The van der Waals surface area contributed by atoms with Gasteiger partial charge in [-0.2, -0.15) is 11.3 Å². The summed E-state index contributed by atoms with van der Waals surface area (Å²) >= 11 is 1.54. The van der Waals surface area contributed by atoms with Crippen LogP contribution in [0.2, 0.25) is 0 Å². The number of H-pyrrole nitrogens is 1. The monoisotopic (exact) mass is 193 g/mol. The van der Waals surface area contributed by atoms with Crippen molar-refractivity contribution in [3.8, 4) is 11.4 Å². The SMILES string of the molecule is Nc1cc(=O)[nH]c(-c2ccsc2)n1. The van der Waals surface area contributed by atoms with Crippen molar-refractivity contribution in [3.63, 3.8) is 0 Å². The van der Waals surface area contributed by atoms with Crippen LogP contribution < -0.4 is 11.3 Å². The second-order valence-electron chi connectivity index (χ2n) is 2.53. The minimum absolute atomic E-state index is 0.228. The number of hydrogen-bond donors (Lipinski definition) is 2. The lowest BCUT2D eigenvalue weighted by Crippen LogP contribution is -2.09. The molecule has 0 aromatic carbocycles. The lowest BCUT2D eigenvalue weighted by atomic mass is 10.3. The molecule has 0 saturated heterocycles. The smallest absolute Gasteiger partial charge is 0.253 e. The number of anilines is 1. The second-order valence-corrected chi connectivity index (χ2v) is 3.31. The Hall–Kier alpha value is -1.62. The van der Waals surface area contributed by atoms with E-state index in [4.69, 9.17) is 5.73 Å². The molecule has 0 bridgehead atoms. The van der Waals surface area contributed by atoms with Gasteiger partial charge in [0.25, 0.3) is 5.56 Å². The van der Waals surface area contributed by atoms with E-state index >= 15 is 0 Å². The number of rotatable bonds is 1.